The third-order valence-electron chi connectivity index (χ3n) is 4.15. The Kier molecular flexibility index (Phi) is 4.61. The van der Waals surface area contributed by atoms with E-state index in [2.05, 4.69) is 69.3 Å². The SMILES string of the molecule is CCC(N)(Cc1ccc(C(C)C)cc1)c1ccccc1. The summed E-state index contributed by atoms with van der Waals surface area (Å²) in [7, 11) is 0. The van der Waals surface area contributed by atoms with Crippen LogP contribution in [0.5, 0.6) is 0 Å². The average Bonchev–Trinajstić information content (AvgIpc) is 2.48. The van der Waals surface area contributed by atoms with Crippen molar-refractivity contribution >= 4 is 0 Å². The molecule has 2 rings (SSSR count). The summed E-state index contributed by atoms with van der Waals surface area (Å²) in [6, 6.07) is 19.3. The largest absolute Gasteiger partial charge is 0.321 e. The van der Waals surface area contributed by atoms with Crippen molar-refractivity contribution in [2.75, 3.05) is 0 Å². The van der Waals surface area contributed by atoms with E-state index in [0.717, 1.165) is 12.8 Å². The maximum atomic E-state index is 6.65. The van der Waals surface area contributed by atoms with Crippen LogP contribution in [0.25, 0.3) is 0 Å². The molecular weight excluding hydrogens is 242 g/mol. The monoisotopic (exact) mass is 267 g/mol. The highest BCUT2D eigenvalue weighted by Gasteiger charge is 2.25. The molecule has 2 N–H and O–H groups in total. The van der Waals surface area contributed by atoms with Crippen LogP contribution in [0.2, 0.25) is 0 Å². The highest BCUT2D eigenvalue weighted by Crippen LogP contribution is 2.27. The van der Waals surface area contributed by atoms with Gasteiger partial charge in [0, 0.05) is 5.54 Å². The first-order valence-corrected chi connectivity index (χ1v) is 7.48. The van der Waals surface area contributed by atoms with Crippen molar-refractivity contribution in [3.05, 3.63) is 71.3 Å². The molecule has 1 nitrogen and oxygen atoms in total. The summed E-state index contributed by atoms with van der Waals surface area (Å²) in [5, 5.41) is 0. The average molecular weight is 267 g/mol. The van der Waals surface area contributed by atoms with Crippen molar-refractivity contribution in [3.8, 4) is 0 Å². The molecule has 2 aromatic carbocycles. The van der Waals surface area contributed by atoms with Crippen LogP contribution in [-0.2, 0) is 12.0 Å². The number of nitrogens with two attached hydrogens (primary N) is 1. The van der Waals surface area contributed by atoms with E-state index in [9.17, 15) is 0 Å². The van der Waals surface area contributed by atoms with Crippen LogP contribution in [0.15, 0.2) is 54.6 Å². The van der Waals surface area contributed by atoms with Gasteiger partial charge in [0.1, 0.15) is 0 Å². The van der Waals surface area contributed by atoms with E-state index in [1.807, 2.05) is 6.07 Å². The molecule has 0 amide bonds. The molecule has 0 bridgehead atoms. The molecule has 0 radical (unpaired) electrons. The second-order valence-corrected chi connectivity index (χ2v) is 5.95. The molecule has 20 heavy (non-hydrogen) atoms. The molecule has 0 heterocycles. The predicted octanol–water partition coefficient (Wildman–Crippen LogP) is 4.62. The van der Waals surface area contributed by atoms with E-state index < -0.39 is 0 Å². The molecule has 0 fully saturated rings. The molecule has 1 unspecified atom stereocenters. The van der Waals surface area contributed by atoms with Crippen LogP contribution in [-0.4, -0.2) is 0 Å². The lowest BCUT2D eigenvalue weighted by molar-refractivity contribution is 0.425. The van der Waals surface area contributed by atoms with Crippen molar-refractivity contribution in [3.63, 3.8) is 0 Å². The highest BCUT2D eigenvalue weighted by atomic mass is 14.7. The molecule has 0 spiro atoms. The number of rotatable bonds is 5. The first-order valence-electron chi connectivity index (χ1n) is 7.48. The molecule has 0 saturated carbocycles. The summed E-state index contributed by atoms with van der Waals surface area (Å²) < 4.78 is 0. The van der Waals surface area contributed by atoms with Crippen LogP contribution in [0.1, 0.15) is 49.8 Å². The van der Waals surface area contributed by atoms with Crippen LogP contribution < -0.4 is 5.73 Å². The van der Waals surface area contributed by atoms with E-state index in [4.69, 9.17) is 5.73 Å². The first kappa shape index (κ1) is 14.8. The van der Waals surface area contributed by atoms with Gasteiger partial charge in [-0.15, -0.1) is 0 Å². The van der Waals surface area contributed by atoms with Crippen molar-refractivity contribution in [2.24, 2.45) is 5.73 Å². The summed E-state index contributed by atoms with van der Waals surface area (Å²) >= 11 is 0. The zero-order chi connectivity index (χ0) is 14.6. The van der Waals surface area contributed by atoms with Crippen molar-refractivity contribution in [2.45, 2.75) is 45.1 Å². The fraction of sp³-hybridized carbons (Fsp3) is 0.368. The third-order valence-corrected chi connectivity index (χ3v) is 4.15. The van der Waals surface area contributed by atoms with E-state index in [1.165, 1.54) is 16.7 Å². The van der Waals surface area contributed by atoms with Crippen LogP contribution in [0.4, 0.5) is 0 Å². The van der Waals surface area contributed by atoms with Crippen LogP contribution in [0, 0.1) is 0 Å². The van der Waals surface area contributed by atoms with Gasteiger partial charge < -0.3 is 5.73 Å². The summed E-state index contributed by atoms with van der Waals surface area (Å²) in [4.78, 5) is 0. The minimum atomic E-state index is -0.277. The maximum Gasteiger partial charge on any atom is 0.0447 e. The van der Waals surface area contributed by atoms with E-state index in [0.29, 0.717) is 5.92 Å². The van der Waals surface area contributed by atoms with Gasteiger partial charge >= 0.3 is 0 Å². The van der Waals surface area contributed by atoms with E-state index in [-0.39, 0.29) is 5.54 Å². The smallest absolute Gasteiger partial charge is 0.0447 e. The molecule has 2 aromatic rings. The maximum absolute atomic E-state index is 6.65. The fourth-order valence-corrected chi connectivity index (χ4v) is 2.59. The molecule has 1 atom stereocenters. The van der Waals surface area contributed by atoms with Crippen molar-refractivity contribution in [1.29, 1.82) is 0 Å². The van der Waals surface area contributed by atoms with Gasteiger partial charge in [-0.1, -0.05) is 75.4 Å². The second-order valence-electron chi connectivity index (χ2n) is 5.95. The lowest BCUT2D eigenvalue weighted by Gasteiger charge is -2.29. The van der Waals surface area contributed by atoms with E-state index in [1.54, 1.807) is 0 Å². The van der Waals surface area contributed by atoms with Crippen molar-refractivity contribution < 1.29 is 0 Å². The zero-order valence-corrected chi connectivity index (χ0v) is 12.8. The van der Waals surface area contributed by atoms with E-state index >= 15 is 0 Å². The molecule has 106 valence electrons. The Bertz CT molecular complexity index is 527. The van der Waals surface area contributed by atoms with Gasteiger partial charge in [0.15, 0.2) is 0 Å². The van der Waals surface area contributed by atoms with Crippen molar-refractivity contribution in [1.82, 2.24) is 0 Å². The first-order chi connectivity index (χ1) is 9.55. The van der Waals surface area contributed by atoms with Gasteiger partial charge in [0.25, 0.3) is 0 Å². The Morgan fingerprint density at radius 1 is 0.950 bits per heavy atom. The molecule has 0 aliphatic carbocycles. The fourth-order valence-electron chi connectivity index (χ4n) is 2.59. The Morgan fingerprint density at radius 3 is 2.05 bits per heavy atom. The Hall–Kier alpha value is -1.60. The summed E-state index contributed by atoms with van der Waals surface area (Å²) in [6.07, 6.45) is 1.81. The van der Waals surface area contributed by atoms with Gasteiger partial charge in [-0.3, -0.25) is 0 Å². The summed E-state index contributed by atoms with van der Waals surface area (Å²) in [5.41, 5.74) is 10.3. The minimum absolute atomic E-state index is 0.277. The van der Waals surface area contributed by atoms with Gasteiger partial charge in [-0.05, 0) is 35.4 Å². The summed E-state index contributed by atoms with van der Waals surface area (Å²) in [5.74, 6) is 0.576. The Balaban J connectivity index is 2.22. The summed E-state index contributed by atoms with van der Waals surface area (Å²) in [6.45, 7) is 6.60. The quantitative estimate of drug-likeness (QED) is 0.840. The Labute approximate surface area is 122 Å². The van der Waals surface area contributed by atoms with Crippen LogP contribution >= 0.6 is 0 Å². The minimum Gasteiger partial charge on any atom is -0.321 e. The van der Waals surface area contributed by atoms with Gasteiger partial charge in [-0.2, -0.15) is 0 Å². The number of hydrogen-bond donors (Lipinski definition) is 1. The molecule has 0 aliphatic heterocycles. The van der Waals surface area contributed by atoms with Gasteiger partial charge in [-0.25, -0.2) is 0 Å². The van der Waals surface area contributed by atoms with Crippen LogP contribution in [0.3, 0.4) is 0 Å². The molecule has 0 saturated heterocycles. The molecule has 0 aromatic heterocycles. The molecule has 0 aliphatic rings. The number of benzene rings is 2. The molecule has 1 heteroatoms. The zero-order valence-electron chi connectivity index (χ0n) is 12.8. The Morgan fingerprint density at radius 2 is 1.55 bits per heavy atom. The van der Waals surface area contributed by atoms with Gasteiger partial charge in [0.05, 0.1) is 0 Å². The standard InChI is InChI=1S/C19H25N/c1-4-19(20,18-8-6-5-7-9-18)14-16-10-12-17(13-11-16)15(2)3/h5-13,15H,4,14,20H2,1-3H3. The predicted molar refractivity (Wildman–Crippen MR) is 86.8 cm³/mol. The topological polar surface area (TPSA) is 26.0 Å². The highest BCUT2D eigenvalue weighted by molar-refractivity contribution is 5.30. The molecular formula is C19H25N. The third kappa shape index (κ3) is 3.29. The number of hydrogen-bond acceptors (Lipinski definition) is 1. The lowest BCUT2D eigenvalue weighted by atomic mass is 9.82. The normalized spacial score (nSPS) is 14.2. The second kappa shape index (κ2) is 6.23. The lowest BCUT2D eigenvalue weighted by Crippen LogP contribution is -2.38. The van der Waals surface area contributed by atoms with Gasteiger partial charge in [0.2, 0.25) is 0 Å².